The van der Waals surface area contributed by atoms with E-state index >= 15 is 0 Å². The average Bonchev–Trinajstić information content (AvgIpc) is 3.21. The first kappa shape index (κ1) is 17.7. The predicted octanol–water partition coefficient (Wildman–Crippen LogP) is 1.30. The number of hydrogen-bond donors (Lipinski definition) is 0. The number of carbonyl (C=O) groups excluding carboxylic acids is 1. The predicted molar refractivity (Wildman–Crippen MR) is 96.3 cm³/mol. The van der Waals surface area contributed by atoms with Crippen molar-refractivity contribution < 1.29 is 17.9 Å². The molecule has 1 atom stereocenters. The van der Waals surface area contributed by atoms with Gasteiger partial charge in [-0.2, -0.15) is 0 Å². The maximum atomic E-state index is 12.7. The number of carbonyl (C=O) groups is 1. The number of nitrogens with zero attached hydrogens (tertiary/aromatic N) is 3. The lowest BCUT2D eigenvalue weighted by molar-refractivity contribution is 0.0309. The molecule has 0 bridgehead atoms. The normalized spacial score (nSPS) is 26.2. The summed E-state index contributed by atoms with van der Waals surface area (Å²) in [5.41, 5.74) is 0.974. The van der Waals surface area contributed by atoms with Crippen LogP contribution in [-0.2, 0) is 21.2 Å². The Bertz CT molecular complexity index is 756. The van der Waals surface area contributed by atoms with Gasteiger partial charge in [-0.15, -0.1) is 0 Å². The maximum Gasteiger partial charge on any atom is 0.320 e. The minimum absolute atomic E-state index is 0.00902. The van der Waals surface area contributed by atoms with E-state index in [2.05, 4.69) is 4.98 Å². The Kier molecular flexibility index (Phi) is 4.64. The summed E-state index contributed by atoms with van der Waals surface area (Å²) < 4.78 is 30.4. The number of pyridine rings is 1. The summed E-state index contributed by atoms with van der Waals surface area (Å²) in [6, 6.07) is 3.78. The van der Waals surface area contributed by atoms with Gasteiger partial charge < -0.3 is 14.5 Å². The molecule has 3 aliphatic rings. The van der Waals surface area contributed by atoms with Gasteiger partial charge in [0.2, 0.25) is 0 Å². The van der Waals surface area contributed by atoms with Crippen molar-refractivity contribution in [2.75, 3.05) is 38.5 Å². The van der Waals surface area contributed by atoms with Crippen molar-refractivity contribution in [3.05, 3.63) is 30.1 Å². The number of urea groups is 1. The lowest BCUT2D eigenvalue weighted by Gasteiger charge is -2.50. The number of hydrogen-bond acceptors (Lipinski definition) is 5. The van der Waals surface area contributed by atoms with E-state index in [1.807, 2.05) is 17.0 Å². The molecule has 26 heavy (non-hydrogen) atoms. The molecule has 3 saturated heterocycles. The van der Waals surface area contributed by atoms with Gasteiger partial charge in [-0.05, 0) is 30.9 Å². The Balaban J connectivity index is 1.38. The third kappa shape index (κ3) is 2.99. The second-order valence-corrected chi connectivity index (χ2v) is 10.0. The topological polar surface area (TPSA) is 79.8 Å². The van der Waals surface area contributed by atoms with Crippen LogP contribution in [0.25, 0.3) is 0 Å². The van der Waals surface area contributed by atoms with Crippen molar-refractivity contribution in [3.8, 4) is 0 Å². The van der Waals surface area contributed by atoms with Crippen LogP contribution in [0.1, 0.15) is 24.8 Å². The first-order valence-corrected chi connectivity index (χ1v) is 10.9. The zero-order chi connectivity index (χ0) is 18.2. The highest BCUT2D eigenvalue weighted by Gasteiger charge is 2.62. The van der Waals surface area contributed by atoms with E-state index in [9.17, 15) is 13.2 Å². The molecule has 0 radical (unpaired) electrons. The molecule has 4 heterocycles. The Labute approximate surface area is 154 Å². The fraction of sp³-hybridized carbons (Fsp3) is 0.667. The van der Waals surface area contributed by atoms with Crippen LogP contribution >= 0.6 is 0 Å². The van der Waals surface area contributed by atoms with Crippen LogP contribution in [0, 0.1) is 5.92 Å². The van der Waals surface area contributed by atoms with Crippen LogP contribution in [0.2, 0.25) is 0 Å². The highest BCUT2D eigenvalue weighted by atomic mass is 32.2. The van der Waals surface area contributed by atoms with Crippen LogP contribution in [0.15, 0.2) is 24.5 Å². The van der Waals surface area contributed by atoms with E-state index in [-0.39, 0.29) is 17.7 Å². The minimum Gasteiger partial charge on any atom is -0.376 e. The number of sulfone groups is 1. The molecule has 0 aromatic carbocycles. The molecule has 1 unspecified atom stereocenters. The Morgan fingerprint density at radius 3 is 2.73 bits per heavy atom. The first-order valence-electron chi connectivity index (χ1n) is 9.25. The summed E-state index contributed by atoms with van der Waals surface area (Å²) in [5, 5.41) is 0. The molecule has 2 amide bonds. The Hall–Kier alpha value is -1.67. The summed E-state index contributed by atoms with van der Waals surface area (Å²) in [6.07, 6.45) is 6.14. The molecule has 0 aliphatic carbocycles. The molecule has 1 aromatic heterocycles. The fourth-order valence-electron chi connectivity index (χ4n) is 4.35. The van der Waals surface area contributed by atoms with Crippen LogP contribution in [-0.4, -0.2) is 72.5 Å². The Morgan fingerprint density at radius 2 is 2.04 bits per heavy atom. The molecular formula is C18H25N3O4S. The second-order valence-electron chi connectivity index (χ2n) is 7.58. The largest absolute Gasteiger partial charge is 0.376 e. The first-order chi connectivity index (χ1) is 12.5. The van der Waals surface area contributed by atoms with Gasteiger partial charge in [0.05, 0.1) is 19.0 Å². The van der Waals surface area contributed by atoms with Crippen molar-refractivity contribution in [2.45, 2.75) is 30.6 Å². The SMILES string of the molecule is O=C(N1CCCC1)N1CC2(C1)C(COCc1cccnc1)CCS2(=O)=O. The van der Waals surface area contributed by atoms with E-state index in [0.29, 0.717) is 32.7 Å². The molecule has 142 valence electrons. The summed E-state index contributed by atoms with van der Waals surface area (Å²) in [4.78, 5) is 20.1. The van der Waals surface area contributed by atoms with Crippen molar-refractivity contribution in [1.29, 1.82) is 0 Å². The van der Waals surface area contributed by atoms with E-state index in [1.165, 1.54) is 0 Å². The van der Waals surface area contributed by atoms with Crippen LogP contribution in [0.5, 0.6) is 0 Å². The number of aromatic nitrogens is 1. The van der Waals surface area contributed by atoms with Crippen LogP contribution in [0.4, 0.5) is 4.79 Å². The fourth-order valence-corrected chi connectivity index (χ4v) is 6.75. The monoisotopic (exact) mass is 379 g/mol. The molecule has 1 aromatic rings. The molecular weight excluding hydrogens is 354 g/mol. The molecule has 0 saturated carbocycles. The Morgan fingerprint density at radius 1 is 1.27 bits per heavy atom. The maximum absolute atomic E-state index is 12.7. The van der Waals surface area contributed by atoms with Gasteiger partial charge >= 0.3 is 6.03 Å². The molecule has 8 heteroatoms. The third-order valence-corrected chi connectivity index (χ3v) is 8.58. The van der Waals surface area contributed by atoms with Gasteiger partial charge in [0.25, 0.3) is 0 Å². The number of rotatable bonds is 4. The molecule has 3 fully saturated rings. The summed E-state index contributed by atoms with van der Waals surface area (Å²) >= 11 is 0. The number of likely N-dealkylation sites (tertiary alicyclic amines) is 2. The second kappa shape index (κ2) is 6.81. The van der Waals surface area contributed by atoms with Gasteiger partial charge in [0.1, 0.15) is 4.75 Å². The van der Waals surface area contributed by atoms with Crippen LogP contribution in [0.3, 0.4) is 0 Å². The smallest absolute Gasteiger partial charge is 0.320 e. The van der Waals surface area contributed by atoms with Crippen molar-refractivity contribution >= 4 is 15.9 Å². The standard InChI is InChI=1S/C18H25N3O4S/c22-17(20-7-1-2-8-20)21-13-18(14-21)16(5-9-26(18,23)24)12-25-11-15-4-3-6-19-10-15/h3-4,6,10,16H,1-2,5,7-9,11-14H2. The molecule has 3 aliphatic heterocycles. The molecule has 4 rings (SSSR count). The van der Waals surface area contributed by atoms with Crippen molar-refractivity contribution in [1.82, 2.24) is 14.8 Å². The van der Waals surface area contributed by atoms with Gasteiger partial charge in [-0.25, -0.2) is 13.2 Å². The molecule has 7 nitrogen and oxygen atoms in total. The highest BCUT2D eigenvalue weighted by molar-refractivity contribution is 7.93. The molecule has 1 spiro atoms. The van der Waals surface area contributed by atoms with E-state index in [4.69, 9.17) is 4.74 Å². The van der Waals surface area contributed by atoms with Gasteiger partial charge in [0.15, 0.2) is 9.84 Å². The average molecular weight is 379 g/mol. The van der Waals surface area contributed by atoms with Gasteiger partial charge in [0, 0.05) is 44.5 Å². The van der Waals surface area contributed by atoms with Crippen LogP contribution < -0.4 is 0 Å². The summed E-state index contributed by atoms with van der Waals surface area (Å²) in [7, 11) is -3.19. The van der Waals surface area contributed by atoms with E-state index in [1.54, 1.807) is 17.3 Å². The van der Waals surface area contributed by atoms with Gasteiger partial charge in [-0.1, -0.05) is 6.07 Å². The number of amides is 2. The lowest BCUT2D eigenvalue weighted by Crippen LogP contribution is -2.70. The molecule has 0 N–H and O–H groups in total. The van der Waals surface area contributed by atoms with Crippen molar-refractivity contribution in [3.63, 3.8) is 0 Å². The van der Waals surface area contributed by atoms with E-state index in [0.717, 1.165) is 31.5 Å². The third-order valence-electron chi connectivity index (χ3n) is 5.97. The van der Waals surface area contributed by atoms with E-state index < -0.39 is 14.6 Å². The van der Waals surface area contributed by atoms with Gasteiger partial charge in [-0.3, -0.25) is 4.98 Å². The zero-order valence-corrected chi connectivity index (χ0v) is 15.7. The quantitative estimate of drug-likeness (QED) is 0.788. The highest BCUT2D eigenvalue weighted by Crippen LogP contribution is 2.45. The number of ether oxygens (including phenoxy) is 1. The minimum atomic E-state index is -3.19. The zero-order valence-electron chi connectivity index (χ0n) is 14.8. The van der Waals surface area contributed by atoms with Crippen molar-refractivity contribution in [2.24, 2.45) is 5.92 Å². The summed E-state index contributed by atoms with van der Waals surface area (Å²) in [6.45, 7) is 3.02. The summed E-state index contributed by atoms with van der Waals surface area (Å²) in [5.74, 6) is 0.145. The lowest BCUT2D eigenvalue weighted by atomic mass is 9.84.